The van der Waals surface area contributed by atoms with Gasteiger partial charge in [-0.3, -0.25) is 9.36 Å². The molecule has 27 heavy (non-hydrogen) atoms. The molecule has 0 aliphatic rings. The fourth-order valence-electron chi connectivity index (χ4n) is 2.38. The second kappa shape index (κ2) is 8.79. The van der Waals surface area contributed by atoms with Gasteiger partial charge in [0, 0.05) is 16.4 Å². The minimum atomic E-state index is -0.412. The van der Waals surface area contributed by atoms with Gasteiger partial charge in [0.2, 0.25) is 5.91 Å². The summed E-state index contributed by atoms with van der Waals surface area (Å²) in [6, 6.07) is 14.9. The average Bonchev–Trinajstić information content (AvgIpc) is 3.09. The number of primary amides is 1. The number of carbonyl (C=O) groups excluding carboxylic acids is 1. The quantitative estimate of drug-likeness (QED) is 0.561. The van der Waals surface area contributed by atoms with Gasteiger partial charge in [-0.1, -0.05) is 23.4 Å². The molecular weight excluding hydrogens is 386 g/mol. The fourth-order valence-corrected chi connectivity index (χ4v) is 3.22. The number of thioether (sulfide) groups is 1. The lowest BCUT2D eigenvalue weighted by Gasteiger charge is -2.12. The summed E-state index contributed by atoms with van der Waals surface area (Å²) in [6.45, 7) is 0.442. The largest absolute Gasteiger partial charge is 0.497 e. The van der Waals surface area contributed by atoms with Crippen molar-refractivity contribution in [1.82, 2.24) is 14.8 Å². The summed E-state index contributed by atoms with van der Waals surface area (Å²) in [4.78, 5) is 11.2. The van der Waals surface area contributed by atoms with Crippen LogP contribution in [0.15, 0.2) is 53.7 Å². The van der Waals surface area contributed by atoms with Gasteiger partial charge in [-0.05, 0) is 48.5 Å². The number of nitrogens with zero attached hydrogens (tertiary/aromatic N) is 3. The van der Waals surface area contributed by atoms with Crippen LogP contribution in [0.3, 0.4) is 0 Å². The number of benzene rings is 2. The van der Waals surface area contributed by atoms with Crippen molar-refractivity contribution in [3.05, 3.63) is 59.4 Å². The highest BCUT2D eigenvalue weighted by atomic mass is 35.5. The maximum absolute atomic E-state index is 11.2. The molecular formula is C18H18ClN5O2S. The van der Waals surface area contributed by atoms with E-state index < -0.39 is 5.91 Å². The molecule has 0 fully saturated rings. The zero-order valence-corrected chi connectivity index (χ0v) is 16.1. The van der Waals surface area contributed by atoms with Crippen LogP contribution in [0.1, 0.15) is 5.82 Å². The predicted molar refractivity (Wildman–Crippen MR) is 107 cm³/mol. The van der Waals surface area contributed by atoms with Crippen molar-refractivity contribution >= 4 is 35.0 Å². The highest BCUT2D eigenvalue weighted by Gasteiger charge is 2.15. The molecule has 1 amide bonds. The van der Waals surface area contributed by atoms with Crippen molar-refractivity contribution in [2.45, 2.75) is 11.7 Å². The van der Waals surface area contributed by atoms with Crippen LogP contribution in [0.5, 0.6) is 5.75 Å². The lowest BCUT2D eigenvalue weighted by molar-refractivity contribution is -0.115. The lowest BCUT2D eigenvalue weighted by Crippen LogP contribution is -2.14. The van der Waals surface area contributed by atoms with Crippen LogP contribution < -0.4 is 15.8 Å². The van der Waals surface area contributed by atoms with Crippen LogP contribution in [-0.4, -0.2) is 33.5 Å². The lowest BCUT2D eigenvalue weighted by atomic mass is 10.3. The van der Waals surface area contributed by atoms with E-state index in [9.17, 15) is 4.79 Å². The van der Waals surface area contributed by atoms with E-state index in [4.69, 9.17) is 22.1 Å². The Kier molecular flexibility index (Phi) is 6.20. The molecule has 9 heteroatoms. The molecule has 140 valence electrons. The van der Waals surface area contributed by atoms with Crippen LogP contribution in [0, 0.1) is 0 Å². The standard InChI is InChI=1S/C18H18ClN5O2S/c1-26-15-8-6-14(7-9-15)24-17(22-23-18(24)27-11-16(20)25)10-21-13-4-2-12(19)3-5-13/h2-9,21H,10-11H2,1H3,(H2,20,25). The van der Waals surface area contributed by atoms with Gasteiger partial charge in [0.05, 0.1) is 19.4 Å². The topological polar surface area (TPSA) is 95.1 Å². The first kappa shape index (κ1) is 19.1. The van der Waals surface area contributed by atoms with Gasteiger partial charge in [0.1, 0.15) is 5.75 Å². The monoisotopic (exact) mass is 403 g/mol. The molecule has 7 nitrogen and oxygen atoms in total. The number of carbonyl (C=O) groups is 1. The summed E-state index contributed by atoms with van der Waals surface area (Å²) < 4.78 is 7.10. The first-order valence-electron chi connectivity index (χ1n) is 8.06. The third-order valence-corrected chi connectivity index (χ3v) is 4.87. The Morgan fingerprint density at radius 2 is 1.89 bits per heavy atom. The number of ether oxygens (including phenoxy) is 1. The van der Waals surface area contributed by atoms with Crippen LogP contribution in [0.2, 0.25) is 5.02 Å². The van der Waals surface area contributed by atoms with E-state index in [2.05, 4.69) is 15.5 Å². The Balaban J connectivity index is 1.87. The van der Waals surface area contributed by atoms with Gasteiger partial charge in [-0.15, -0.1) is 10.2 Å². The number of methoxy groups -OCH3 is 1. The Labute approximate surface area is 165 Å². The number of amides is 1. The molecule has 0 aliphatic carbocycles. The highest BCUT2D eigenvalue weighted by Crippen LogP contribution is 2.24. The molecule has 0 unspecified atom stereocenters. The van der Waals surface area contributed by atoms with E-state index in [1.165, 1.54) is 11.8 Å². The van der Waals surface area contributed by atoms with Crippen molar-refractivity contribution in [2.24, 2.45) is 5.73 Å². The molecule has 3 aromatic rings. The maximum Gasteiger partial charge on any atom is 0.227 e. The van der Waals surface area contributed by atoms with Crippen molar-refractivity contribution in [1.29, 1.82) is 0 Å². The third kappa shape index (κ3) is 4.93. The molecule has 3 rings (SSSR count). The zero-order chi connectivity index (χ0) is 19.2. The number of aromatic nitrogens is 3. The summed E-state index contributed by atoms with van der Waals surface area (Å²) in [6.07, 6.45) is 0. The Morgan fingerprint density at radius 3 is 2.52 bits per heavy atom. The summed E-state index contributed by atoms with van der Waals surface area (Å²) in [5, 5.41) is 13.0. The van der Waals surface area contributed by atoms with E-state index in [1.807, 2.05) is 53.1 Å². The number of rotatable bonds is 8. The van der Waals surface area contributed by atoms with Gasteiger partial charge in [0.25, 0.3) is 0 Å². The Bertz CT molecular complexity index is 913. The van der Waals surface area contributed by atoms with E-state index in [0.717, 1.165) is 17.1 Å². The van der Waals surface area contributed by atoms with Gasteiger partial charge < -0.3 is 15.8 Å². The second-order valence-electron chi connectivity index (χ2n) is 5.55. The molecule has 0 radical (unpaired) electrons. The smallest absolute Gasteiger partial charge is 0.227 e. The summed E-state index contributed by atoms with van der Waals surface area (Å²) in [5.41, 5.74) is 7.04. The molecule has 2 aromatic carbocycles. The second-order valence-corrected chi connectivity index (χ2v) is 6.93. The molecule has 1 heterocycles. The molecule has 0 spiro atoms. The molecule has 3 N–H and O–H groups in total. The number of nitrogens with two attached hydrogens (primary N) is 1. The van der Waals surface area contributed by atoms with E-state index in [-0.39, 0.29) is 5.75 Å². The Hall–Kier alpha value is -2.71. The Morgan fingerprint density at radius 1 is 1.19 bits per heavy atom. The van der Waals surface area contributed by atoms with Crippen molar-refractivity contribution in [2.75, 3.05) is 18.2 Å². The normalized spacial score (nSPS) is 10.6. The number of halogens is 1. The minimum Gasteiger partial charge on any atom is -0.497 e. The van der Waals surface area contributed by atoms with Crippen LogP contribution in [-0.2, 0) is 11.3 Å². The number of anilines is 1. The van der Waals surface area contributed by atoms with Crippen molar-refractivity contribution < 1.29 is 9.53 Å². The summed E-state index contributed by atoms with van der Waals surface area (Å²) in [7, 11) is 1.61. The fraction of sp³-hybridized carbons (Fsp3) is 0.167. The molecule has 0 bridgehead atoms. The van der Waals surface area contributed by atoms with Crippen molar-refractivity contribution in [3.63, 3.8) is 0 Å². The minimum absolute atomic E-state index is 0.124. The SMILES string of the molecule is COc1ccc(-n2c(CNc3ccc(Cl)cc3)nnc2SCC(N)=O)cc1. The first-order chi connectivity index (χ1) is 13.1. The predicted octanol–water partition coefficient (Wildman–Crippen LogP) is 3.12. The number of nitrogens with one attached hydrogen (secondary N) is 1. The number of hydrogen-bond donors (Lipinski definition) is 2. The van der Waals surface area contributed by atoms with E-state index in [1.54, 1.807) is 7.11 Å². The first-order valence-corrected chi connectivity index (χ1v) is 9.42. The summed E-state index contributed by atoms with van der Waals surface area (Å²) >= 11 is 7.16. The molecule has 0 atom stereocenters. The average molecular weight is 404 g/mol. The van der Waals surface area contributed by atoms with Crippen LogP contribution >= 0.6 is 23.4 Å². The maximum atomic E-state index is 11.2. The van der Waals surface area contributed by atoms with Crippen LogP contribution in [0.25, 0.3) is 5.69 Å². The van der Waals surface area contributed by atoms with Gasteiger partial charge >= 0.3 is 0 Å². The molecule has 0 saturated heterocycles. The van der Waals surface area contributed by atoms with E-state index >= 15 is 0 Å². The number of hydrogen-bond acceptors (Lipinski definition) is 6. The molecule has 0 saturated carbocycles. The van der Waals surface area contributed by atoms with E-state index in [0.29, 0.717) is 22.5 Å². The highest BCUT2D eigenvalue weighted by molar-refractivity contribution is 7.99. The zero-order valence-electron chi connectivity index (χ0n) is 14.6. The van der Waals surface area contributed by atoms with Gasteiger partial charge in [-0.2, -0.15) is 0 Å². The van der Waals surface area contributed by atoms with Gasteiger partial charge in [0.15, 0.2) is 11.0 Å². The molecule has 0 aliphatic heterocycles. The van der Waals surface area contributed by atoms with Gasteiger partial charge in [-0.25, -0.2) is 0 Å². The van der Waals surface area contributed by atoms with Crippen LogP contribution in [0.4, 0.5) is 5.69 Å². The summed E-state index contributed by atoms with van der Waals surface area (Å²) in [5.74, 6) is 1.16. The molecule has 1 aromatic heterocycles. The third-order valence-electron chi connectivity index (χ3n) is 3.67. The van der Waals surface area contributed by atoms with Crippen molar-refractivity contribution in [3.8, 4) is 11.4 Å².